The highest BCUT2D eigenvalue weighted by atomic mass is 35.5. The van der Waals surface area contributed by atoms with Crippen LogP contribution in [0.5, 0.6) is 0 Å². The molecule has 0 bridgehead atoms. The van der Waals surface area contributed by atoms with Crippen molar-refractivity contribution in [2.75, 3.05) is 6.61 Å². The third-order valence-electron chi connectivity index (χ3n) is 7.23. The summed E-state index contributed by atoms with van der Waals surface area (Å²) in [4.78, 5) is 0. The van der Waals surface area contributed by atoms with Gasteiger partial charge >= 0.3 is 0 Å². The highest BCUT2D eigenvalue weighted by molar-refractivity contribution is 6.21. The van der Waals surface area contributed by atoms with Gasteiger partial charge in [-0.2, -0.15) is 0 Å². The Bertz CT molecular complexity index is 544. The van der Waals surface area contributed by atoms with Crippen LogP contribution in [0.2, 0.25) is 0 Å². The molecule has 144 valence electrons. The normalized spacial score (nSPS) is 48.4. The zero-order valence-electron chi connectivity index (χ0n) is 15.7. The molecule has 0 amide bonds. The van der Waals surface area contributed by atoms with Crippen molar-refractivity contribution in [1.29, 1.82) is 0 Å². The minimum absolute atomic E-state index is 0.0146. The Morgan fingerprint density at radius 3 is 2.56 bits per heavy atom. The number of halogens is 1. The fraction of sp³-hybridized carbons (Fsp3) is 0.900. The molecule has 5 heteroatoms. The Kier molecular flexibility index (Phi) is 4.87. The van der Waals surface area contributed by atoms with Crippen LogP contribution in [-0.4, -0.2) is 50.2 Å². The summed E-state index contributed by atoms with van der Waals surface area (Å²) in [6.45, 7) is 9.75. The number of aliphatic hydroxyl groups excluding tert-OH is 1. The van der Waals surface area contributed by atoms with Gasteiger partial charge in [-0.15, -0.1) is 11.6 Å². The number of epoxide rings is 1. The van der Waals surface area contributed by atoms with Crippen LogP contribution in [0.1, 0.15) is 65.7 Å². The van der Waals surface area contributed by atoms with Gasteiger partial charge in [0.05, 0.1) is 23.7 Å². The van der Waals surface area contributed by atoms with E-state index in [1.807, 2.05) is 13.8 Å². The number of alkyl halides is 1. The van der Waals surface area contributed by atoms with Crippen molar-refractivity contribution in [3.63, 3.8) is 0 Å². The molecule has 1 aliphatic heterocycles. The molecule has 1 saturated heterocycles. The van der Waals surface area contributed by atoms with Crippen LogP contribution in [0.15, 0.2) is 12.2 Å². The number of ether oxygens (including phenoxy) is 1. The Balaban J connectivity index is 1.98. The highest BCUT2D eigenvalue weighted by Gasteiger charge is 2.75. The molecule has 3 fully saturated rings. The molecule has 3 rings (SSSR count). The molecule has 3 aliphatic rings. The van der Waals surface area contributed by atoms with E-state index in [0.29, 0.717) is 12.8 Å². The second kappa shape index (κ2) is 6.20. The number of aliphatic hydroxyl groups is 3. The highest BCUT2D eigenvalue weighted by Crippen LogP contribution is 2.68. The summed E-state index contributed by atoms with van der Waals surface area (Å²) in [5.41, 5.74) is -1.59. The molecule has 25 heavy (non-hydrogen) atoms. The molecule has 2 saturated carbocycles. The van der Waals surface area contributed by atoms with E-state index >= 15 is 0 Å². The average Bonchev–Trinajstić information content (AvgIpc) is 3.14. The van der Waals surface area contributed by atoms with Gasteiger partial charge in [-0.05, 0) is 57.8 Å². The number of hydrogen-bond acceptors (Lipinski definition) is 4. The molecule has 2 aliphatic carbocycles. The van der Waals surface area contributed by atoms with Gasteiger partial charge in [0.1, 0.15) is 11.2 Å². The lowest BCUT2D eigenvalue weighted by atomic mass is 9.67. The van der Waals surface area contributed by atoms with Gasteiger partial charge < -0.3 is 20.1 Å². The third-order valence-corrected chi connectivity index (χ3v) is 7.86. The number of allylic oxidation sites excluding steroid dienone is 1. The summed E-state index contributed by atoms with van der Waals surface area (Å²) in [5, 5.41) is 31.0. The first-order chi connectivity index (χ1) is 11.5. The zero-order valence-corrected chi connectivity index (χ0v) is 16.5. The van der Waals surface area contributed by atoms with Gasteiger partial charge in [-0.1, -0.05) is 19.1 Å². The van der Waals surface area contributed by atoms with Gasteiger partial charge in [0.15, 0.2) is 0 Å². The van der Waals surface area contributed by atoms with Crippen molar-refractivity contribution in [2.24, 2.45) is 11.3 Å². The quantitative estimate of drug-likeness (QED) is 0.395. The Labute approximate surface area is 156 Å². The fourth-order valence-electron chi connectivity index (χ4n) is 5.51. The monoisotopic (exact) mass is 372 g/mol. The van der Waals surface area contributed by atoms with Crippen LogP contribution < -0.4 is 0 Å². The molecule has 1 heterocycles. The van der Waals surface area contributed by atoms with Crippen molar-refractivity contribution < 1.29 is 20.1 Å². The van der Waals surface area contributed by atoms with Gasteiger partial charge in [-0.25, -0.2) is 0 Å². The average molecular weight is 373 g/mol. The summed E-state index contributed by atoms with van der Waals surface area (Å²) >= 11 is 6.47. The van der Waals surface area contributed by atoms with Crippen molar-refractivity contribution in [1.82, 2.24) is 0 Å². The second-order valence-corrected chi connectivity index (χ2v) is 9.95. The van der Waals surface area contributed by atoms with E-state index in [0.717, 1.165) is 37.7 Å². The summed E-state index contributed by atoms with van der Waals surface area (Å²) in [6.07, 6.45) is 5.28. The van der Waals surface area contributed by atoms with Crippen molar-refractivity contribution >= 4 is 11.6 Å². The lowest BCUT2D eigenvalue weighted by Gasteiger charge is -2.38. The predicted molar refractivity (Wildman–Crippen MR) is 98.6 cm³/mol. The maximum absolute atomic E-state index is 11.0. The third kappa shape index (κ3) is 3.08. The Hall–Kier alpha value is -0.130. The van der Waals surface area contributed by atoms with Crippen LogP contribution >= 0.6 is 11.6 Å². The Morgan fingerprint density at radius 1 is 1.28 bits per heavy atom. The van der Waals surface area contributed by atoms with Crippen LogP contribution in [0, 0.1) is 11.3 Å². The smallest absolute Gasteiger partial charge is 0.107 e. The summed E-state index contributed by atoms with van der Waals surface area (Å²) in [5.74, 6) is 0.0146. The molecule has 0 unspecified atom stereocenters. The summed E-state index contributed by atoms with van der Waals surface area (Å²) in [6, 6.07) is 0. The first kappa shape index (κ1) is 19.6. The van der Waals surface area contributed by atoms with Crippen LogP contribution in [0.3, 0.4) is 0 Å². The number of rotatable bonds is 2. The van der Waals surface area contributed by atoms with E-state index < -0.39 is 22.2 Å². The van der Waals surface area contributed by atoms with Crippen LogP contribution in [-0.2, 0) is 4.74 Å². The van der Waals surface area contributed by atoms with E-state index in [1.165, 1.54) is 0 Å². The number of hydrogen-bond donors (Lipinski definition) is 3. The van der Waals surface area contributed by atoms with E-state index in [1.54, 1.807) is 0 Å². The minimum Gasteiger partial charge on any atom is -0.393 e. The maximum Gasteiger partial charge on any atom is 0.107 e. The van der Waals surface area contributed by atoms with E-state index in [4.69, 9.17) is 16.3 Å². The molecule has 0 aromatic heterocycles. The van der Waals surface area contributed by atoms with Crippen LogP contribution in [0.4, 0.5) is 0 Å². The minimum atomic E-state index is -1.37. The molecule has 3 N–H and O–H groups in total. The lowest BCUT2D eigenvalue weighted by molar-refractivity contribution is -0.0344. The Morgan fingerprint density at radius 2 is 1.96 bits per heavy atom. The van der Waals surface area contributed by atoms with Gasteiger partial charge in [0, 0.05) is 12.3 Å². The van der Waals surface area contributed by atoms with Gasteiger partial charge in [0.25, 0.3) is 0 Å². The van der Waals surface area contributed by atoms with E-state index in [2.05, 4.69) is 13.5 Å². The summed E-state index contributed by atoms with van der Waals surface area (Å²) < 4.78 is 6.30. The molecule has 6 atom stereocenters. The standard InChI is InChI=1S/C20H33ClO4/c1-13-5-6-15(21)19(24,12-22)11-16-20(25-16)14(17(2,3)23)8-10-18(20,4)9-7-13/h14-16,22-24H,1,5-12H2,2-4H3/t14-,15-,16-,18+,19-,20-/m1/s1. The second-order valence-electron chi connectivity index (χ2n) is 9.43. The molecular formula is C20H33ClO4. The first-order valence-corrected chi connectivity index (χ1v) is 9.96. The largest absolute Gasteiger partial charge is 0.393 e. The molecule has 4 nitrogen and oxygen atoms in total. The SMILES string of the molecule is C=C1CC[C@@H](Cl)[C@](O)(CO)C[C@H]2O[C@]23[C@@H](C(C)(C)O)CC[C@]3(C)CC1. The molecular weight excluding hydrogens is 340 g/mol. The zero-order chi connectivity index (χ0) is 18.7. The van der Waals surface area contributed by atoms with Crippen molar-refractivity contribution in [2.45, 2.75) is 94.0 Å². The molecule has 0 aromatic carbocycles. The summed E-state index contributed by atoms with van der Waals surface area (Å²) in [7, 11) is 0. The van der Waals surface area contributed by atoms with Crippen molar-refractivity contribution in [3.05, 3.63) is 12.2 Å². The van der Waals surface area contributed by atoms with E-state index in [9.17, 15) is 15.3 Å². The van der Waals surface area contributed by atoms with Gasteiger partial charge in [-0.3, -0.25) is 0 Å². The molecule has 1 spiro atoms. The molecule has 0 aromatic rings. The maximum atomic E-state index is 11.0. The van der Waals surface area contributed by atoms with Crippen molar-refractivity contribution in [3.8, 4) is 0 Å². The predicted octanol–water partition coefficient (Wildman–Crippen LogP) is 3.16. The first-order valence-electron chi connectivity index (χ1n) is 9.53. The lowest BCUT2D eigenvalue weighted by Crippen LogP contribution is -2.49. The van der Waals surface area contributed by atoms with Gasteiger partial charge in [0.2, 0.25) is 0 Å². The topological polar surface area (TPSA) is 73.2 Å². The van der Waals surface area contributed by atoms with Crippen LogP contribution in [0.25, 0.3) is 0 Å². The molecule has 0 radical (unpaired) electrons. The van der Waals surface area contributed by atoms with E-state index in [-0.39, 0.29) is 24.0 Å². The fourth-order valence-corrected chi connectivity index (χ4v) is 5.78.